The summed E-state index contributed by atoms with van der Waals surface area (Å²) in [6.07, 6.45) is 1.61. The van der Waals surface area contributed by atoms with E-state index in [1.165, 1.54) is 0 Å². The zero-order valence-electron chi connectivity index (χ0n) is 12.2. The van der Waals surface area contributed by atoms with E-state index in [0.29, 0.717) is 12.2 Å². The molecule has 1 amide bonds. The Kier molecular flexibility index (Phi) is 4.02. The molecule has 2 rings (SSSR count). The van der Waals surface area contributed by atoms with Crippen LogP contribution in [0.3, 0.4) is 0 Å². The van der Waals surface area contributed by atoms with Gasteiger partial charge in [-0.1, -0.05) is 0 Å². The summed E-state index contributed by atoms with van der Waals surface area (Å²) in [5, 5.41) is 10.2. The summed E-state index contributed by atoms with van der Waals surface area (Å²) in [6, 6.07) is 3.53. The van der Waals surface area contributed by atoms with Crippen molar-refractivity contribution in [3.05, 3.63) is 41.0 Å². The maximum atomic E-state index is 12.1. The van der Waals surface area contributed by atoms with E-state index in [0.717, 1.165) is 22.6 Å². The Hall–Kier alpha value is -2.37. The maximum Gasteiger partial charge on any atom is 0.270 e. The van der Waals surface area contributed by atoms with Gasteiger partial charge in [-0.05, 0) is 26.0 Å². The summed E-state index contributed by atoms with van der Waals surface area (Å²) >= 11 is 0. The average molecular weight is 273 g/mol. The number of anilines is 1. The molecule has 0 aliphatic carbocycles. The fraction of sp³-hybridized carbons (Fsp3) is 0.357. The molecule has 0 aliphatic rings. The van der Waals surface area contributed by atoms with E-state index < -0.39 is 0 Å². The zero-order chi connectivity index (χ0) is 14.7. The molecule has 2 N–H and O–H groups in total. The van der Waals surface area contributed by atoms with Gasteiger partial charge < -0.3 is 10.6 Å². The summed E-state index contributed by atoms with van der Waals surface area (Å²) in [6.45, 7) is 4.38. The molecule has 0 aliphatic heterocycles. The fourth-order valence-electron chi connectivity index (χ4n) is 2.04. The standard InChI is InChI=1S/C14H19N5O/c1-9-12(10(2)19(4)18-9)8-17-14(20)13-7-11(15-3)5-6-16-13/h5-7H,8H2,1-4H3,(H,15,16)(H,17,20). The quantitative estimate of drug-likeness (QED) is 0.883. The van der Waals surface area contributed by atoms with Crippen LogP contribution < -0.4 is 10.6 Å². The summed E-state index contributed by atoms with van der Waals surface area (Å²) < 4.78 is 1.82. The van der Waals surface area contributed by atoms with Crippen LogP contribution in [-0.2, 0) is 13.6 Å². The highest BCUT2D eigenvalue weighted by Gasteiger charge is 2.12. The van der Waals surface area contributed by atoms with Gasteiger partial charge in [0.15, 0.2) is 0 Å². The van der Waals surface area contributed by atoms with Gasteiger partial charge in [-0.3, -0.25) is 14.5 Å². The Morgan fingerprint density at radius 3 is 2.75 bits per heavy atom. The van der Waals surface area contributed by atoms with Gasteiger partial charge in [0.05, 0.1) is 5.69 Å². The molecule has 0 bridgehead atoms. The van der Waals surface area contributed by atoms with Gasteiger partial charge >= 0.3 is 0 Å². The number of pyridine rings is 1. The van der Waals surface area contributed by atoms with Gasteiger partial charge in [-0.25, -0.2) is 0 Å². The van der Waals surface area contributed by atoms with E-state index in [4.69, 9.17) is 0 Å². The smallest absolute Gasteiger partial charge is 0.270 e. The predicted octanol–water partition coefficient (Wildman–Crippen LogP) is 1.40. The first-order chi connectivity index (χ1) is 9.52. The second-order valence-electron chi connectivity index (χ2n) is 4.64. The number of rotatable bonds is 4. The molecule has 0 spiro atoms. The van der Waals surface area contributed by atoms with E-state index in [-0.39, 0.29) is 5.91 Å². The largest absolute Gasteiger partial charge is 0.388 e. The van der Waals surface area contributed by atoms with Gasteiger partial charge in [-0.2, -0.15) is 5.10 Å². The Bertz CT molecular complexity index is 632. The number of carbonyl (C=O) groups is 1. The van der Waals surface area contributed by atoms with Gasteiger partial charge in [0, 0.05) is 43.8 Å². The molecule has 2 aromatic rings. The number of hydrogen-bond acceptors (Lipinski definition) is 4. The van der Waals surface area contributed by atoms with Gasteiger partial charge in [0.1, 0.15) is 5.69 Å². The summed E-state index contributed by atoms with van der Waals surface area (Å²) in [7, 11) is 3.70. The molecule has 106 valence electrons. The molecule has 0 saturated carbocycles. The van der Waals surface area contributed by atoms with E-state index in [2.05, 4.69) is 20.7 Å². The molecule has 6 nitrogen and oxygen atoms in total. The molecular weight excluding hydrogens is 254 g/mol. The molecule has 0 atom stereocenters. The predicted molar refractivity (Wildman–Crippen MR) is 77.6 cm³/mol. The van der Waals surface area contributed by atoms with Gasteiger partial charge in [0.2, 0.25) is 0 Å². The van der Waals surface area contributed by atoms with Crippen molar-refractivity contribution in [3.8, 4) is 0 Å². The zero-order valence-corrected chi connectivity index (χ0v) is 12.2. The highest BCUT2D eigenvalue weighted by atomic mass is 16.1. The number of nitrogens with one attached hydrogen (secondary N) is 2. The molecule has 0 saturated heterocycles. The molecule has 20 heavy (non-hydrogen) atoms. The van der Waals surface area contributed by atoms with E-state index in [1.807, 2.05) is 31.6 Å². The third-order valence-electron chi connectivity index (χ3n) is 3.37. The highest BCUT2D eigenvalue weighted by molar-refractivity contribution is 5.93. The van der Waals surface area contributed by atoms with Gasteiger partial charge in [-0.15, -0.1) is 0 Å². The maximum absolute atomic E-state index is 12.1. The molecule has 2 aromatic heterocycles. The minimum Gasteiger partial charge on any atom is -0.388 e. The van der Waals surface area contributed by atoms with Crippen molar-refractivity contribution < 1.29 is 4.79 Å². The lowest BCUT2D eigenvalue weighted by molar-refractivity contribution is 0.0946. The monoisotopic (exact) mass is 273 g/mol. The van der Waals surface area contributed by atoms with Crippen molar-refractivity contribution in [2.45, 2.75) is 20.4 Å². The number of aromatic nitrogens is 3. The summed E-state index contributed by atoms with van der Waals surface area (Å²) in [5.41, 5.74) is 4.29. The minimum absolute atomic E-state index is 0.190. The van der Waals surface area contributed by atoms with Crippen molar-refractivity contribution in [1.29, 1.82) is 0 Å². The van der Waals surface area contributed by atoms with Crippen molar-refractivity contribution in [1.82, 2.24) is 20.1 Å². The fourth-order valence-corrected chi connectivity index (χ4v) is 2.04. The van der Waals surface area contributed by atoms with Crippen molar-refractivity contribution >= 4 is 11.6 Å². The number of nitrogens with zero attached hydrogens (tertiary/aromatic N) is 3. The van der Waals surface area contributed by atoms with Crippen molar-refractivity contribution in [2.24, 2.45) is 7.05 Å². The molecule has 6 heteroatoms. The SMILES string of the molecule is CNc1ccnc(C(=O)NCc2c(C)nn(C)c2C)c1. The number of amides is 1. The molecule has 2 heterocycles. The third kappa shape index (κ3) is 2.79. The summed E-state index contributed by atoms with van der Waals surface area (Å²) in [5.74, 6) is -0.190. The molecule has 0 radical (unpaired) electrons. The lowest BCUT2D eigenvalue weighted by Crippen LogP contribution is -2.24. The number of aryl methyl sites for hydroxylation is 2. The van der Waals surface area contributed by atoms with E-state index in [1.54, 1.807) is 19.3 Å². The minimum atomic E-state index is -0.190. The Morgan fingerprint density at radius 1 is 1.40 bits per heavy atom. The lowest BCUT2D eigenvalue weighted by atomic mass is 10.2. The van der Waals surface area contributed by atoms with E-state index in [9.17, 15) is 4.79 Å². The first-order valence-corrected chi connectivity index (χ1v) is 6.44. The normalized spacial score (nSPS) is 10.4. The van der Waals surface area contributed by atoms with Crippen LogP contribution in [0.5, 0.6) is 0 Å². The van der Waals surface area contributed by atoms with Crippen LogP contribution in [-0.4, -0.2) is 27.7 Å². The van der Waals surface area contributed by atoms with Crippen LogP contribution in [0.1, 0.15) is 27.4 Å². The Balaban J connectivity index is 2.08. The van der Waals surface area contributed by atoms with Gasteiger partial charge in [0.25, 0.3) is 5.91 Å². The van der Waals surface area contributed by atoms with E-state index >= 15 is 0 Å². The topological polar surface area (TPSA) is 71.8 Å². The lowest BCUT2D eigenvalue weighted by Gasteiger charge is -2.06. The first-order valence-electron chi connectivity index (χ1n) is 6.44. The molecule has 0 unspecified atom stereocenters. The summed E-state index contributed by atoms with van der Waals surface area (Å²) in [4.78, 5) is 16.2. The van der Waals surface area contributed by atoms with Crippen LogP contribution in [0.4, 0.5) is 5.69 Å². The first kappa shape index (κ1) is 14.0. The third-order valence-corrected chi connectivity index (χ3v) is 3.37. The second-order valence-corrected chi connectivity index (χ2v) is 4.64. The van der Waals surface area contributed by atoms with Crippen LogP contribution in [0.15, 0.2) is 18.3 Å². The van der Waals surface area contributed by atoms with Crippen LogP contribution in [0.25, 0.3) is 0 Å². The number of carbonyl (C=O) groups excluding carboxylic acids is 1. The van der Waals surface area contributed by atoms with Crippen molar-refractivity contribution in [2.75, 3.05) is 12.4 Å². The van der Waals surface area contributed by atoms with Crippen LogP contribution in [0, 0.1) is 13.8 Å². The second kappa shape index (κ2) is 5.73. The molecule has 0 aromatic carbocycles. The molecule has 0 fully saturated rings. The average Bonchev–Trinajstić information content (AvgIpc) is 2.70. The Morgan fingerprint density at radius 2 is 2.15 bits per heavy atom. The Labute approximate surface area is 118 Å². The number of hydrogen-bond donors (Lipinski definition) is 2. The van der Waals surface area contributed by atoms with Crippen LogP contribution >= 0.6 is 0 Å². The highest BCUT2D eigenvalue weighted by Crippen LogP contribution is 2.12. The van der Waals surface area contributed by atoms with Crippen molar-refractivity contribution in [3.63, 3.8) is 0 Å². The molecular formula is C14H19N5O. The van der Waals surface area contributed by atoms with Crippen LogP contribution in [0.2, 0.25) is 0 Å².